The quantitative estimate of drug-likeness (QED) is 0.722. The van der Waals surface area contributed by atoms with E-state index < -0.39 is 50.0 Å². The number of hydrogen-bond donors (Lipinski definition) is 2. The molecule has 7 nitrogen and oxygen atoms in total. The number of carbonyl (C=O) groups is 1. The van der Waals surface area contributed by atoms with Gasteiger partial charge in [0.2, 0.25) is 0 Å². The van der Waals surface area contributed by atoms with E-state index in [1.165, 1.54) is 6.08 Å². The molecule has 1 unspecified atom stereocenters. The molecule has 1 aromatic heterocycles. The summed E-state index contributed by atoms with van der Waals surface area (Å²) in [5.74, 6) is -1.06. The van der Waals surface area contributed by atoms with Gasteiger partial charge in [0, 0.05) is 11.7 Å². The zero-order valence-corrected chi connectivity index (χ0v) is 15.5. The molecule has 0 spiro atoms. The number of hydrogen-bond acceptors (Lipinski definition) is 6. The minimum Gasteiger partial charge on any atom is -0.455 e. The Morgan fingerprint density at radius 2 is 2.04 bits per heavy atom. The largest absolute Gasteiger partial charge is 0.455 e. The van der Waals surface area contributed by atoms with E-state index in [0.29, 0.717) is 25.1 Å². The molecule has 28 heavy (non-hydrogen) atoms. The minimum absolute atomic E-state index is 0.0248. The zero-order valence-electron chi connectivity index (χ0n) is 14.7. The lowest BCUT2D eigenvalue weighted by Crippen LogP contribution is -2.54. The van der Waals surface area contributed by atoms with E-state index in [2.05, 4.69) is 9.71 Å². The maximum absolute atomic E-state index is 12.7. The third-order valence-electron chi connectivity index (χ3n) is 5.63. The molecule has 2 N–H and O–H groups in total. The molecule has 152 valence electrons. The minimum atomic E-state index is -4.63. The Labute approximate surface area is 158 Å². The molecule has 4 rings (SSSR count). The summed E-state index contributed by atoms with van der Waals surface area (Å²) >= 11 is 0. The number of rotatable bonds is 3. The standard InChI is InChI=1S/C17H17F3N2O5S/c1-15(6-9-2-4-12-16(9,24)11(7-15)14(23)27-12)22-28(25,26)13-5-3-10(8-21-13)17(18,19)20/h3,5,7-9,12,22,24H,2,4,6H2,1H3/t9-,12?,15-,16+/m1/s1. The van der Waals surface area contributed by atoms with Gasteiger partial charge in [0.05, 0.1) is 11.1 Å². The van der Waals surface area contributed by atoms with Gasteiger partial charge in [0.15, 0.2) is 5.03 Å². The van der Waals surface area contributed by atoms with Gasteiger partial charge in [-0.15, -0.1) is 0 Å². The first kappa shape index (κ1) is 19.3. The normalized spacial score (nSPS) is 34.8. The molecule has 3 aliphatic rings. The first-order chi connectivity index (χ1) is 12.9. The lowest BCUT2D eigenvalue weighted by Gasteiger charge is -2.40. The summed E-state index contributed by atoms with van der Waals surface area (Å²) in [4.78, 5) is 15.5. The van der Waals surface area contributed by atoms with Crippen LogP contribution in [0.15, 0.2) is 35.0 Å². The van der Waals surface area contributed by atoms with Gasteiger partial charge in [-0.1, -0.05) is 6.08 Å². The van der Waals surface area contributed by atoms with Gasteiger partial charge in [-0.2, -0.15) is 13.2 Å². The van der Waals surface area contributed by atoms with Crippen LogP contribution in [0, 0.1) is 5.92 Å². The van der Waals surface area contributed by atoms with Crippen molar-refractivity contribution in [2.75, 3.05) is 0 Å². The van der Waals surface area contributed by atoms with Gasteiger partial charge < -0.3 is 9.84 Å². The summed E-state index contributed by atoms with van der Waals surface area (Å²) in [5.41, 5.74) is -3.69. The van der Waals surface area contributed by atoms with Crippen LogP contribution in [0.3, 0.4) is 0 Å². The molecule has 2 heterocycles. The van der Waals surface area contributed by atoms with E-state index in [1.54, 1.807) is 6.92 Å². The highest BCUT2D eigenvalue weighted by Gasteiger charge is 2.64. The third kappa shape index (κ3) is 2.83. The van der Waals surface area contributed by atoms with Crippen LogP contribution in [-0.2, 0) is 25.7 Å². The number of nitrogens with zero attached hydrogens (tertiary/aromatic N) is 1. The van der Waals surface area contributed by atoms with E-state index in [4.69, 9.17) is 4.74 Å². The highest BCUT2D eigenvalue weighted by Crippen LogP contribution is 2.53. The summed E-state index contributed by atoms with van der Waals surface area (Å²) in [6.07, 6.45) is -2.22. The molecule has 4 atom stereocenters. The lowest BCUT2D eigenvalue weighted by atomic mass is 9.71. The fourth-order valence-corrected chi connectivity index (χ4v) is 5.71. The van der Waals surface area contributed by atoms with Crippen LogP contribution in [0.2, 0.25) is 0 Å². The van der Waals surface area contributed by atoms with E-state index >= 15 is 0 Å². The summed E-state index contributed by atoms with van der Waals surface area (Å²) < 4.78 is 70.9. The smallest absolute Gasteiger partial charge is 0.417 e. The Kier molecular flexibility index (Phi) is 3.99. The number of alkyl halides is 3. The monoisotopic (exact) mass is 418 g/mol. The van der Waals surface area contributed by atoms with Crippen molar-refractivity contribution in [3.05, 3.63) is 35.5 Å². The molecule has 0 radical (unpaired) electrons. The Morgan fingerprint density at radius 3 is 2.64 bits per heavy atom. The van der Waals surface area contributed by atoms with Crippen LogP contribution >= 0.6 is 0 Å². The van der Waals surface area contributed by atoms with Crippen LogP contribution in [-0.4, -0.2) is 41.7 Å². The fraction of sp³-hybridized carbons (Fsp3) is 0.529. The van der Waals surface area contributed by atoms with Crippen LogP contribution in [0.5, 0.6) is 0 Å². The molecule has 1 saturated carbocycles. The van der Waals surface area contributed by atoms with Crippen LogP contribution in [0.1, 0.15) is 31.7 Å². The second-order valence-electron chi connectivity index (χ2n) is 7.66. The summed E-state index contributed by atoms with van der Waals surface area (Å²) in [6, 6.07) is 1.41. The molecule has 0 aromatic carbocycles. The molecule has 0 bridgehead atoms. The Balaban J connectivity index is 1.65. The Morgan fingerprint density at radius 1 is 1.32 bits per heavy atom. The van der Waals surface area contributed by atoms with Crippen molar-refractivity contribution in [3.63, 3.8) is 0 Å². The van der Waals surface area contributed by atoms with Crippen molar-refractivity contribution >= 4 is 16.0 Å². The van der Waals surface area contributed by atoms with E-state index in [-0.39, 0.29) is 17.9 Å². The van der Waals surface area contributed by atoms with Gasteiger partial charge in [-0.3, -0.25) is 0 Å². The summed E-state index contributed by atoms with van der Waals surface area (Å²) in [5, 5.41) is 10.4. The molecule has 1 saturated heterocycles. The SMILES string of the molecule is C[C@]1(NS(=O)(=O)c2ccc(C(F)(F)F)cn2)C=C2C(=O)OC3CC[C@H](C1)[C@]23O. The number of nitrogens with one attached hydrogen (secondary N) is 1. The van der Waals surface area contributed by atoms with Crippen molar-refractivity contribution < 1.29 is 36.2 Å². The molecule has 11 heteroatoms. The van der Waals surface area contributed by atoms with E-state index in [1.807, 2.05) is 0 Å². The van der Waals surface area contributed by atoms with Crippen molar-refractivity contribution in [3.8, 4) is 0 Å². The average Bonchev–Trinajstić information content (AvgIpc) is 3.01. The van der Waals surface area contributed by atoms with Gasteiger partial charge >= 0.3 is 12.1 Å². The maximum atomic E-state index is 12.7. The fourth-order valence-electron chi connectivity index (χ4n) is 4.41. The predicted molar refractivity (Wildman–Crippen MR) is 88.2 cm³/mol. The second kappa shape index (κ2) is 5.77. The third-order valence-corrected chi connectivity index (χ3v) is 7.16. The van der Waals surface area contributed by atoms with Crippen molar-refractivity contribution in [2.45, 2.75) is 54.6 Å². The van der Waals surface area contributed by atoms with Gasteiger partial charge in [-0.05, 0) is 44.2 Å². The van der Waals surface area contributed by atoms with Crippen LogP contribution in [0.25, 0.3) is 0 Å². The number of aromatic nitrogens is 1. The summed E-state index contributed by atoms with van der Waals surface area (Å²) in [7, 11) is -4.27. The average molecular weight is 418 g/mol. The molecular formula is C17H17F3N2O5S. The summed E-state index contributed by atoms with van der Waals surface area (Å²) in [6.45, 7) is 1.54. The van der Waals surface area contributed by atoms with Crippen molar-refractivity contribution in [2.24, 2.45) is 5.92 Å². The van der Waals surface area contributed by atoms with Gasteiger partial charge in [-0.25, -0.2) is 22.9 Å². The Bertz CT molecular complexity index is 976. The molecular weight excluding hydrogens is 401 g/mol. The zero-order chi connectivity index (χ0) is 20.5. The van der Waals surface area contributed by atoms with Crippen molar-refractivity contribution in [1.29, 1.82) is 0 Å². The molecule has 2 aliphatic carbocycles. The maximum Gasteiger partial charge on any atom is 0.417 e. The van der Waals surface area contributed by atoms with Gasteiger partial charge in [0.25, 0.3) is 10.0 Å². The van der Waals surface area contributed by atoms with Crippen LogP contribution in [0.4, 0.5) is 13.2 Å². The van der Waals surface area contributed by atoms with Gasteiger partial charge in [0.1, 0.15) is 11.7 Å². The first-order valence-electron chi connectivity index (χ1n) is 8.59. The number of esters is 1. The number of sulfonamides is 1. The van der Waals surface area contributed by atoms with Crippen molar-refractivity contribution in [1.82, 2.24) is 9.71 Å². The van der Waals surface area contributed by atoms with Crippen LogP contribution < -0.4 is 4.72 Å². The highest BCUT2D eigenvalue weighted by molar-refractivity contribution is 7.89. The number of carbonyl (C=O) groups excluding carboxylic acids is 1. The number of halogens is 3. The first-order valence-corrected chi connectivity index (χ1v) is 10.1. The number of pyridine rings is 1. The number of aliphatic hydroxyl groups is 1. The molecule has 1 aliphatic heterocycles. The lowest BCUT2D eigenvalue weighted by molar-refractivity contribution is -0.140. The molecule has 2 fully saturated rings. The van der Waals surface area contributed by atoms with E-state index in [9.17, 15) is 31.5 Å². The highest BCUT2D eigenvalue weighted by atomic mass is 32.2. The topological polar surface area (TPSA) is 106 Å². The molecule has 1 aromatic rings. The predicted octanol–water partition coefficient (Wildman–Crippen LogP) is 1.53. The molecule has 0 amide bonds. The second-order valence-corrected chi connectivity index (χ2v) is 9.29. The van der Waals surface area contributed by atoms with E-state index in [0.717, 1.165) is 6.07 Å². The Hall–Kier alpha value is -1.98. The number of ether oxygens (including phenoxy) is 1.